The van der Waals surface area contributed by atoms with E-state index < -0.39 is 15.8 Å². The predicted molar refractivity (Wildman–Crippen MR) is 135 cm³/mol. The summed E-state index contributed by atoms with van der Waals surface area (Å²) in [6, 6.07) is 0.129. The van der Waals surface area contributed by atoms with Crippen molar-refractivity contribution >= 4 is 28.1 Å². The van der Waals surface area contributed by atoms with Crippen LogP contribution < -0.4 is 14.9 Å². The number of piperidine rings is 1. The minimum atomic E-state index is -3.50. The fourth-order valence-electron chi connectivity index (χ4n) is 5.84. The standard InChI is InChI=1S/C24H38N6O4S/c1-17-13-18-14-25-23(28-22(18)30(16-17)21-6-3-9-24(21,2)31)27-19-7-10-29(11-8-19)35(32,33)26-15-20-5-4-12-34-20/h13-14,19-21,26,31H,3-12,15-16H2,1-2H3,(H,25,27,28)/t20-,21+,24+/m0/s1. The molecule has 0 aromatic carbocycles. The molecule has 194 valence electrons. The van der Waals surface area contributed by atoms with E-state index in [0.717, 1.165) is 50.0 Å². The van der Waals surface area contributed by atoms with Crippen molar-refractivity contribution in [2.75, 3.05) is 43.0 Å². The molecule has 0 radical (unpaired) electrons. The lowest BCUT2D eigenvalue weighted by Gasteiger charge is -2.40. The van der Waals surface area contributed by atoms with Crippen LogP contribution in [0.15, 0.2) is 11.8 Å². The van der Waals surface area contributed by atoms with Crippen LogP contribution in [0.25, 0.3) is 6.08 Å². The van der Waals surface area contributed by atoms with Crippen molar-refractivity contribution < 1.29 is 18.3 Å². The lowest BCUT2D eigenvalue weighted by Crippen LogP contribution is -2.50. The van der Waals surface area contributed by atoms with Crippen molar-refractivity contribution in [3.63, 3.8) is 0 Å². The molecule has 3 atom stereocenters. The largest absolute Gasteiger partial charge is 0.388 e. The molecule has 1 aromatic rings. The molecule has 0 amide bonds. The number of fused-ring (bicyclic) bond motifs is 1. The maximum absolute atomic E-state index is 12.7. The zero-order chi connectivity index (χ0) is 24.6. The van der Waals surface area contributed by atoms with Gasteiger partial charge in [0.15, 0.2) is 0 Å². The number of aliphatic hydroxyl groups is 1. The Morgan fingerprint density at radius 1 is 1.23 bits per heavy atom. The molecule has 4 heterocycles. The van der Waals surface area contributed by atoms with Gasteiger partial charge in [-0.25, -0.2) is 4.98 Å². The highest BCUT2D eigenvalue weighted by Gasteiger charge is 2.42. The van der Waals surface area contributed by atoms with Gasteiger partial charge in [0.1, 0.15) is 5.82 Å². The summed E-state index contributed by atoms with van der Waals surface area (Å²) < 4.78 is 35.1. The highest BCUT2D eigenvalue weighted by Crippen LogP contribution is 2.39. The van der Waals surface area contributed by atoms with Gasteiger partial charge in [-0.3, -0.25) is 0 Å². The lowest BCUT2D eigenvalue weighted by atomic mass is 9.96. The van der Waals surface area contributed by atoms with E-state index in [9.17, 15) is 13.5 Å². The van der Waals surface area contributed by atoms with Gasteiger partial charge in [-0.2, -0.15) is 22.4 Å². The van der Waals surface area contributed by atoms with E-state index in [0.29, 0.717) is 45.0 Å². The first-order chi connectivity index (χ1) is 16.7. The average molecular weight is 507 g/mol. The second-order valence-corrected chi connectivity index (χ2v) is 12.4. The minimum Gasteiger partial charge on any atom is -0.388 e. The Kier molecular flexibility index (Phi) is 7.06. The van der Waals surface area contributed by atoms with Crippen molar-refractivity contribution in [1.82, 2.24) is 19.0 Å². The second kappa shape index (κ2) is 9.93. The third-order valence-corrected chi connectivity index (χ3v) is 9.37. The molecule has 0 bridgehead atoms. The highest BCUT2D eigenvalue weighted by molar-refractivity contribution is 7.87. The molecule has 0 spiro atoms. The minimum absolute atomic E-state index is 0.0173. The van der Waals surface area contributed by atoms with Crippen LogP contribution in [0.1, 0.15) is 64.4 Å². The van der Waals surface area contributed by atoms with Crippen molar-refractivity contribution in [2.45, 2.75) is 82.6 Å². The van der Waals surface area contributed by atoms with E-state index >= 15 is 0 Å². The van der Waals surface area contributed by atoms with Gasteiger partial charge in [-0.05, 0) is 64.9 Å². The van der Waals surface area contributed by atoms with E-state index in [1.165, 1.54) is 9.88 Å². The zero-order valence-corrected chi connectivity index (χ0v) is 21.6. The van der Waals surface area contributed by atoms with Crippen LogP contribution in [0.4, 0.5) is 11.8 Å². The molecule has 2 saturated heterocycles. The van der Waals surface area contributed by atoms with Gasteiger partial charge in [0.2, 0.25) is 5.95 Å². The van der Waals surface area contributed by atoms with Crippen molar-refractivity contribution in [1.29, 1.82) is 0 Å². The third-order valence-electron chi connectivity index (χ3n) is 7.79. The molecular weight excluding hydrogens is 468 g/mol. The number of aromatic nitrogens is 2. The van der Waals surface area contributed by atoms with E-state index in [-0.39, 0.29) is 18.2 Å². The highest BCUT2D eigenvalue weighted by atomic mass is 32.2. The van der Waals surface area contributed by atoms with E-state index in [1.807, 2.05) is 13.1 Å². The summed E-state index contributed by atoms with van der Waals surface area (Å²) in [6.07, 6.45) is 9.95. The van der Waals surface area contributed by atoms with Crippen LogP contribution in [0.3, 0.4) is 0 Å². The fourth-order valence-corrected chi connectivity index (χ4v) is 7.11. The molecule has 1 aromatic heterocycles. The van der Waals surface area contributed by atoms with Crippen LogP contribution >= 0.6 is 0 Å². The molecule has 5 rings (SSSR count). The van der Waals surface area contributed by atoms with Crippen molar-refractivity contribution in [3.05, 3.63) is 17.3 Å². The van der Waals surface area contributed by atoms with Crippen LogP contribution in [0.5, 0.6) is 0 Å². The summed E-state index contributed by atoms with van der Waals surface area (Å²) in [7, 11) is -3.50. The summed E-state index contributed by atoms with van der Waals surface area (Å²) in [5.41, 5.74) is 1.47. The fraction of sp³-hybridized carbons (Fsp3) is 0.750. The molecule has 4 aliphatic rings. The van der Waals surface area contributed by atoms with Crippen LogP contribution in [-0.4, -0.2) is 84.4 Å². The molecule has 10 nitrogen and oxygen atoms in total. The molecule has 1 aliphatic carbocycles. The number of nitrogens with one attached hydrogen (secondary N) is 2. The van der Waals surface area contributed by atoms with E-state index in [2.05, 4.69) is 32.9 Å². The van der Waals surface area contributed by atoms with Crippen LogP contribution in [-0.2, 0) is 14.9 Å². The Morgan fingerprint density at radius 2 is 2.03 bits per heavy atom. The van der Waals surface area contributed by atoms with Crippen molar-refractivity contribution in [3.8, 4) is 0 Å². The zero-order valence-electron chi connectivity index (χ0n) is 20.7. The number of nitrogens with zero attached hydrogens (tertiary/aromatic N) is 4. The first-order valence-electron chi connectivity index (χ1n) is 12.9. The van der Waals surface area contributed by atoms with Gasteiger partial charge >= 0.3 is 0 Å². The summed E-state index contributed by atoms with van der Waals surface area (Å²) in [4.78, 5) is 11.6. The summed E-state index contributed by atoms with van der Waals surface area (Å²) >= 11 is 0. The Labute approximate surface area is 208 Å². The molecule has 1 saturated carbocycles. The lowest BCUT2D eigenvalue weighted by molar-refractivity contribution is 0.0490. The number of hydrogen-bond acceptors (Lipinski definition) is 8. The van der Waals surface area contributed by atoms with Gasteiger partial charge < -0.3 is 20.1 Å². The first-order valence-corrected chi connectivity index (χ1v) is 14.3. The van der Waals surface area contributed by atoms with Crippen LogP contribution in [0.2, 0.25) is 0 Å². The number of ether oxygens (including phenoxy) is 1. The quantitative estimate of drug-likeness (QED) is 0.513. The normalized spacial score (nSPS) is 30.4. The van der Waals surface area contributed by atoms with E-state index in [1.54, 1.807) is 0 Å². The SMILES string of the molecule is CC1=Cc2cnc(NC3CCN(S(=O)(=O)NC[C@@H]4CCCO4)CC3)nc2N([C@@H]2CCC[C@@]2(C)O)C1. The summed E-state index contributed by atoms with van der Waals surface area (Å²) in [5.74, 6) is 1.41. The van der Waals surface area contributed by atoms with Gasteiger partial charge in [0, 0.05) is 50.6 Å². The molecule has 11 heteroatoms. The number of rotatable bonds is 7. The topological polar surface area (TPSA) is 120 Å². The monoisotopic (exact) mass is 506 g/mol. The average Bonchev–Trinajstić information content (AvgIpc) is 3.47. The number of anilines is 2. The van der Waals surface area contributed by atoms with Gasteiger partial charge in [-0.1, -0.05) is 5.57 Å². The van der Waals surface area contributed by atoms with Gasteiger partial charge in [0.25, 0.3) is 10.2 Å². The molecule has 0 unspecified atom stereocenters. The molecular formula is C24H38N6O4S. The maximum Gasteiger partial charge on any atom is 0.279 e. The maximum atomic E-state index is 12.7. The Balaban J connectivity index is 1.21. The third kappa shape index (κ3) is 5.48. The smallest absolute Gasteiger partial charge is 0.279 e. The van der Waals surface area contributed by atoms with Gasteiger partial charge in [-0.15, -0.1) is 0 Å². The predicted octanol–water partition coefficient (Wildman–Crippen LogP) is 1.89. The number of hydrogen-bond donors (Lipinski definition) is 3. The Hall–Kier alpha value is -1.79. The Bertz CT molecular complexity index is 1050. The van der Waals surface area contributed by atoms with Gasteiger partial charge in [0.05, 0.1) is 17.7 Å². The Morgan fingerprint density at radius 3 is 2.71 bits per heavy atom. The summed E-state index contributed by atoms with van der Waals surface area (Å²) in [5, 5.41) is 14.4. The first kappa shape index (κ1) is 24.9. The molecule has 3 aliphatic heterocycles. The van der Waals surface area contributed by atoms with Crippen molar-refractivity contribution in [2.24, 2.45) is 0 Å². The molecule has 3 N–H and O–H groups in total. The summed E-state index contributed by atoms with van der Waals surface area (Å²) in [6.45, 7) is 6.72. The molecule has 35 heavy (non-hydrogen) atoms. The second-order valence-electron chi connectivity index (χ2n) is 10.7. The van der Waals surface area contributed by atoms with E-state index in [4.69, 9.17) is 9.72 Å². The van der Waals surface area contributed by atoms with Crippen LogP contribution in [0, 0.1) is 0 Å². The molecule has 3 fully saturated rings.